The molecule has 7 nitrogen and oxygen atoms in total. The van der Waals surface area contributed by atoms with Gasteiger partial charge in [0.1, 0.15) is 11.6 Å². The zero-order chi connectivity index (χ0) is 16.8. The minimum atomic E-state index is 0.480. The van der Waals surface area contributed by atoms with Crippen LogP contribution in [-0.2, 0) is 13.6 Å². The van der Waals surface area contributed by atoms with Gasteiger partial charge in [0.05, 0.1) is 29.5 Å². The highest BCUT2D eigenvalue weighted by atomic mass is 15.3. The summed E-state index contributed by atoms with van der Waals surface area (Å²) in [6, 6.07) is 2.17. The van der Waals surface area contributed by atoms with E-state index < -0.39 is 0 Å². The first-order valence-corrected chi connectivity index (χ1v) is 9.25. The zero-order valence-corrected chi connectivity index (χ0v) is 14.5. The first-order chi connectivity index (χ1) is 12.3. The summed E-state index contributed by atoms with van der Waals surface area (Å²) in [5.41, 5.74) is 3.19. The van der Waals surface area contributed by atoms with E-state index in [1.807, 2.05) is 17.9 Å². The first-order valence-electron chi connectivity index (χ1n) is 9.25. The molecule has 3 aromatic rings. The van der Waals surface area contributed by atoms with Crippen molar-refractivity contribution < 1.29 is 0 Å². The molecule has 0 unspecified atom stereocenters. The van der Waals surface area contributed by atoms with Gasteiger partial charge in [-0.1, -0.05) is 12.8 Å². The maximum Gasteiger partial charge on any atom is 0.163 e. The highest BCUT2D eigenvalue weighted by Crippen LogP contribution is 2.39. The van der Waals surface area contributed by atoms with Crippen LogP contribution in [0.3, 0.4) is 0 Å². The number of hydrogen-bond acceptors (Lipinski definition) is 5. The van der Waals surface area contributed by atoms with Gasteiger partial charge in [0, 0.05) is 18.9 Å². The Hall–Kier alpha value is -2.44. The van der Waals surface area contributed by atoms with Gasteiger partial charge >= 0.3 is 0 Å². The molecule has 0 atom stereocenters. The van der Waals surface area contributed by atoms with Crippen LogP contribution in [0.15, 0.2) is 12.3 Å². The van der Waals surface area contributed by atoms with Gasteiger partial charge in [-0.15, -0.1) is 0 Å². The topological polar surface area (TPSA) is 84.3 Å². The van der Waals surface area contributed by atoms with Gasteiger partial charge in [-0.2, -0.15) is 10.2 Å². The van der Waals surface area contributed by atoms with Crippen molar-refractivity contribution in [1.82, 2.24) is 29.9 Å². The maximum atomic E-state index is 4.86. The number of H-pyrrole nitrogens is 1. The van der Waals surface area contributed by atoms with Gasteiger partial charge in [0.2, 0.25) is 0 Å². The van der Waals surface area contributed by atoms with Crippen molar-refractivity contribution in [2.75, 3.05) is 5.32 Å². The third-order valence-corrected chi connectivity index (χ3v) is 5.42. The van der Waals surface area contributed by atoms with Crippen molar-refractivity contribution in [2.24, 2.45) is 7.05 Å². The molecule has 2 fully saturated rings. The van der Waals surface area contributed by atoms with E-state index in [4.69, 9.17) is 9.97 Å². The highest BCUT2D eigenvalue weighted by molar-refractivity contribution is 5.86. The third-order valence-electron chi connectivity index (χ3n) is 5.42. The molecule has 2 aliphatic rings. The van der Waals surface area contributed by atoms with E-state index in [9.17, 15) is 0 Å². The Morgan fingerprint density at radius 1 is 1.16 bits per heavy atom. The Morgan fingerprint density at radius 2 is 2.00 bits per heavy atom. The SMILES string of the molecule is Cn1ncc2c(NCc3cc(C4CC4)n[nH]3)nc(C3CCCC3)nc21. The quantitative estimate of drug-likeness (QED) is 0.747. The number of nitrogens with zero attached hydrogens (tertiary/aromatic N) is 5. The smallest absolute Gasteiger partial charge is 0.163 e. The highest BCUT2D eigenvalue weighted by Gasteiger charge is 2.26. The van der Waals surface area contributed by atoms with Crippen molar-refractivity contribution in [3.63, 3.8) is 0 Å². The Morgan fingerprint density at radius 3 is 2.80 bits per heavy atom. The molecule has 3 heterocycles. The van der Waals surface area contributed by atoms with Crippen LogP contribution in [0.2, 0.25) is 0 Å². The van der Waals surface area contributed by atoms with Crippen LogP contribution < -0.4 is 5.32 Å². The fourth-order valence-electron chi connectivity index (χ4n) is 3.78. The molecular weight excluding hydrogens is 314 g/mol. The van der Waals surface area contributed by atoms with Crippen LogP contribution in [0.25, 0.3) is 11.0 Å². The third kappa shape index (κ3) is 2.77. The normalized spacial score (nSPS) is 18.3. The molecule has 25 heavy (non-hydrogen) atoms. The summed E-state index contributed by atoms with van der Waals surface area (Å²) in [4.78, 5) is 9.65. The predicted octanol–water partition coefficient (Wildman–Crippen LogP) is 3.23. The average molecular weight is 337 g/mol. The van der Waals surface area contributed by atoms with E-state index >= 15 is 0 Å². The largest absolute Gasteiger partial charge is 0.364 e. The Kier molecular flexibility index (Phi) is 3.46. The second-order valence-electron chi connectivity index (χ2n) is 7.36. The van der Waals surface area contributed by atoms with Gasteiger partial charge in [-0.05, 0) is 31.7 Å². The van der Waals surface area contributed by atoms with Crippen LogP contribution in [0.5, 0.6) is 0 Å². The zero-order valence-electron chi connectivity index (χ0n) is 14.5. The predicted molar refractivity (Wildman–Crippen MR) is 95.4 cm³/mol. The van der Waals surface area contributed by atoms with Gasteiger partial charge in [0.15, 0.2) is 5.65 Å². The van der Waals surface area contributed by atoms with E-state index in [0.29, 0.717) is 18.4 Å². The number of aromatic amines is 1. The first kappa shape index (κ1) is 14.9. The number of rotatable bonds is 5. The number of hydrogen-bond donors (Lipinski definition) is 2. The number of fused-ring (bicyclic) bond motifs is 1. The molecule has 0 radical (unpaired) electrons. The fourth-order valence-corrected chi connectivity index (χ4v) is 3.78. The number of nitrogens with one attached hydrogen (secondary N) is 2. The Bertz CT molecular complexity index is 899. The van der Waals surface area contributed by atoms with Gasteiger partial charge in [0.25, 0.3) is 0 Å². The molecule has 2 N–H and O–H groups in total. The molecule has 2 saturated carbocycles. The standard InChI is InChI=1S/C18H23N7/c1-25-18-14(10-20-25)17(21-16(22-18)12-4-2-3-5-12)19-9-13-8-15(24-23-13)11-6-7-11/h8,10-12H,2-7,9H2,1H3,(H,23,24)(H,19,21,22). The summed E-state index contributed by atoms with van der Waals surface area (Å²) >= 11 is 0. The Labute approximate surface area is 146 Å². The number of aromatic nitrogens is 6. The Balaban J connectivity index is 1.43. The van der Waals surface area contributed by atoms with Crippen LogP contribution in [0.4, 0.5) is 5.82 Å². The van der Waals surface area contributed by atoms with Crippen LogP contribution >= 0.6 is 0 Å². The lowest BCUT2D eigenvalue weighted by Gasteiger charge is -2.12. The van der Waals surface area contributed by atoms with Crippen LogP contribution in [0, 0.1) is 0 Å². The summed E-state index contributed by atoms with van der Waals surface area (Å²) in [6.45, 7) is 0.685. The molecule has 7 heteroatoms. The molecule has 130 valence electrons. The van der Waals surface area contributed by atoms with E-state index in [0.717, 1.165) is 28.4 Å². The molecule has 0 saturated heterocycles. The molecule has 0 amide bonds. The molecular formula is C18H23N7. The van der Waals surface area contributed by atoms with Crippen molar-refractivity contribution in [3.8, 4) is 0 Å². The molecule has 0 aromatic carbocycles. The maximum absolute atomic E-state index is 4.86. The molecule has 2 aliphatic carbocycles. The number of aryl methyl sites for hydroxylation is 1. The fraction of sp³-hybridized carbons (Fsp3) is 0.556. The summed E-state index contributed by atoms with van der Waals surface area (Å²) < 4.78 is 1.84. The summed E-state index contributed by atoms with van der Waals surface area (Å²) in [5, 5.41) is 16.4. The lowest BCUT2D eigenvalue weighted by Crippen LogP contribution is -2.08. The summed E-state index contributed by atoms with van der Waals surface area (Å²) in [7, 11) is 1.94. The van der Waals surface area contributed by atoms with Gasteiger partial charge in [-0.3, -0.25) is 9.78 Å². The second kappa shape index (κ2) is 5.82. The molecule has 5 rings (SSSR count). The lowest BCUT2D eigenvalue weighted by atomic mass is 10.1. The van der Waals surface area contributed by atoms with E-state index in [1.54, 1.807) is 0 Å². The van der Waals surface area contributed by atoms with E-state index in [1.165, 1.54) is 44.2 Å². The second-order valence-corrected chi connectivity index (χ2v) is 7.36. The molecule has 3 aromatic heterocycles. The van der Waals surface area contributed by atoms with E-state index in [-0.39, 0.29) is 0 Å². The van der Waals surface area contributed by atoms with Gasteiger partial charge < -0.3 is 5.32 Å². The van der Waals surface area contributed by atoms with Crippen molar-refractivity contribution in [2.45, 2.75) is 56.9 Å². The summed E-state index contributed by atoms with van der Waals surface area (Å²) in [6.07, 6.45) is 9.31. The van der Waals surface area contributed by atoms with Crippen molar-refractivity contribution in [3.05, 3.63) is 29.5 Å². The molecule has 0 spiro atoms. The van der Waals surface area contributed by atoms with Crippen LogP contribution in [-0.4, -0.2) is 29.9 Å². The summed E-state index contributed by atoms with van der Waals surface area (Å²) in [5.74, 6) is 2.98. The van der Waals surface area contributed by atoms with Gasteiger partial charge in [-0.25, -0.2) is 9.97 Å². The monoisotopic (exact) mass is 337 g/mol. The minimum Gasteiger partial charge on any atom is -0.364 e. The minimum absolute atomic E-state index is 0.480. The van der Waals surface area contributed by atoms with Crippen LogP contribution in [0.1, 0.15) is 67.6 Å². The van der Waals surface area contributed by atoms with Crippen molar-refractivity contribution >= 4 is 16.9 Å². The lowest BCUT2D eigenvalue weighted by molar-refractivity contribution is 0.667. The molecule has 0 aliphatic heterocycles. The van der Waals surface area contributed by atoms with E-state index in [2.05, 4.69) is 26.7 Å². The molecule has 0 bridgehead atoms. The number of anilines is 1. The average Bonchev–Trinajstić information content (AvgIpc) is 3.04. The van der Waals surface area contributed by atoms with Crippen molar-refractivity contribution in [1.29, 1.82) is 0 Å².